The largest absolute Gasteiger partial charge is 0.462 e. The molecule has 80 valence electrons. The smallest absolute Gasteiger partial charge is 0.330 e. The topological polar surface area (TPSA) is 47.6 Å². The van der Waals surface area contributed by atoms with Gasteiger partial charge < -0.3 is 9.47 Å². The summed E-state index contributed by atoms with van der Waals surface area (Å²) >= 11 is 0. The van der Waals surface area contributed by atoms with E-state index < -0.39 is 0 Å². The van der Waals surface area contributed by atoms with Crippen LogP contribution in [0.5, 0.6) is 0 Å². The second kappa shape index (κ2) is 6.56. The van der Waals surface area contributed by atoms with Gasteiger partial charge in [-0.25, -0.2) is 4.79 Å². The standard InChI is InChI=1S/C10H17NO3/c1-2-4-10(12)14-8-5-9-11-6-3-7-13-9/h2,4,9,11H,3,5-8H2,1H3. The number of allylic oxidation sites excluding steroid dienone is 1. The van der Waals surface area contributed by atoms with E-state index in [-0.39, 0.29) is 12.2 Å². The van der Waals surface area contributed by atoms with E-state index >= 15 is 0 Å². The van der Waals surface area contributed by atoms with Gasteiger partial charge in [0.25, 0.3) is 0 Å². The molecule has 1 saturated heterocycles. The molecule has 0 aliphatic carbocycles. The van der Waals surface area contributed by atoms with Gasteiger partial charge in [-0.2, -0.15) is 0 Å². The molecule has 1 rings (SSSR count). The summed E-state index contributed by atoms with van der Waals surface area (Å²) in [5.74, 6) is -0.289. The fourth-order valence-corrected chi connectivity index (χ4v) is 1.26. The predicted octanol–water partition coefficient (Wildman–Crippen LogP) is 0.832. The first-order chi connectivity index (χ1) is 6.83. The van der Waals surface area contributed by atoms with E-state index in [1.54, 1.807) is 13.0 Å². The van der Waals surface area contributed by atoms with Crippen LogP contribution in [0.2, 0.25) is 0 Å². The third-order valence-corrected chi connectivity index (χ3v) is 1.94. The van der Waals surface area contributed by atoms with Gasteiger partial charge in [0.05, 0.1) is 6.61 Å². The third kappa shape index (κ3) is 4.39. The summed E-state index contributed by atoms with van der Waals surface area (Å²) in [5.41, 5.74) is 0. The van der Waals surface area contributed by atoms with Gasteiger partial charge in [-0.05, 0) is 19.9 Å². The average molecular weight is 199 g/mol. The van der Waals surface area contributed by atoms with Crippen molar-refractivity contribution in [3.05, 3.63) is 12.2 Å². The number of rotatable bonds is 4. The molecule has 0 bridgehead atoms. The first kappa shape index (κ1) is 11.2. The van der Waals surface area contributed by atoms with Crippen LogP contribution in [-0.4, -0.2) is 32.0 Å². The monoisotopic (exact) mass is 199 g/mol. The Morgan fingerprint density at radius 1 is 1.71 bits per heavy atom. The minimum absolute atomic E-state index is 0.0437. The summed E-state index contributed by atoms with van der Waals surface area (Å²) < 4.78 is 10.3. The lowest BCUT2D eigenvalue weighted by Gasteiger charge is -2.23. The quantitative estimate of drug-likeness (QED) is 0.538. The van der Waals surface area contributed by atoms with Crippen LogP contribution in [0, 0.1) is 0 Å². The Kier molecular flexibility index (Phi) is 5.25. The number of hydrogen-bond donors (Lipinski definition) is 1. The average Bonchev–Trinajstić information content (AvgIpc) is 2.20. The highest BCUT2D eigenvalue weighted by Gasteiger charge is 2.12. The van der Waals surface area contributed by atoms with E-state index in [2.05, 4.69) is 5.32 Å². The number of carbonyl (C=O) groups excluding carboxylic acids is 1. The van der Waals surface area contributed by atoms with E-state index in [0.29, 0.717) is 13.0 Å². The molecule has 0 spiro atoms. The van der Waals surface area contributed by atoms with Crippen LogP contribution in [0.25, 0.3) is 0 Å². The summed E-state index contributed by atoms with van der Waals surface area (Å²) in [4.78, 5) is 10.9. The highest BCUT2D eigenvalue weighted by Crippen LogP contribution is 2.01. The van der Waals surface area contributed by atoms with Crippen molar-refractivity contribution >= 4 is 5.97 Å². The van der Waals surface area contributed by atoms with E-state index in [4.69, 9.17) is 9.47 Å². The van der Waals surface area contributed by atoms with Crippen LogP contribution in [0.1, 0.15) is 19.8 Å². The Bertz CT molecular complexity index is 198. The molecule has 0 amide bonds. The molecule has 0 aromatic carbocycles. The lowest BCUT2D eigenvalue weighted by Crippen LogP contribution is -2.38. The number of hydrogen-bond acceptors (Lipinski definition) is 4. The molecule has 1 aliphatic rings. The molecule has 14 heavy (non-hydrogen) atoms. The summed E-state index contributed by atoms with van der Waals surface area (Å²) in [7, 11) is 0. The lowest BCUT2D eigenvalue weighted by molar-refractivity contribution is -0.139. The van der Waals surface area contributed by atoms with Crippen molar-refractivity contribution in [1.82, 2.24) is 5.32 Å². The molecule has 1 aliphatic heterocycles. The Labute approximate surface area is 84.3 Å². The predicted molar refractivity (Wildman–Crippen MR) is 52.7 cm³/mol. The summed E-state index contributed by atoms with van der Waals surface area (Å²) in [6.45, 7) is 3.96. The Morgan fingerprint density at radius 3 is 3.21 bits per heavy atom. The second-order valence-electron chi connectivity index (χ2n) is 3.12. The highest BCUT2D eigenvalue weighted by atomic mass is 16.5. The molecular weight excluding hydrogens is 182 g/mol. The van der Waals surface area contributed by atoms with Crippen molar-refractivity contribution in [2.75, 3.05) is 19.8 Å². The summed E-state index contributed by atoms with van der Waals surface area (Å²) in [5, 5.41) is 3.19. The Balaban J connectivity index is 2.05. The van der Waals surface area contributed by atoms with Gasteiger partial charge in [-0.3, -0.25) is 5.32 Å². The molecule has 0 saturated carbocycles. The molecule has 0 aromatic rings. The van der Waals surface area contributed by atoms with Crippen LogP contribution in [0.3, 0.4) is 0 Å². The normalized spacial score (nSPS) is 22.5. The molecule has 0 aromatic heterocycles. The number of ether oxygens (including phenoxy) is 2. The van der Waals surface area contributed by atoms with Crippen LogP contribution in [-0.2, 0) is 14.3 Å². The van der Waals surface area contributed by atoms with E-state index in [1.165, 1.54) is 6.08 Å². The SMILES string of the molecule is CC=CC(=O)OCCC1NCCCO1. The number of nitrogens with one attached hydrogen (secondary N) is 1. The fraction of sp³-hybridized carbons (Fsp3) is 0.700. The van der Waals surface area contributed by atoms with Crippen molar-refractivity contribution in [2.24, 2.45) is 0 Å². The van der Waals surface area contributed by atoms with Crippen molar-refractivity contribution in [3.63, 3.8) is 0 Å². The van der Waals surface area contributed by atoms with Crippen molar-refractivity contribution in [1.29, 1.82) is 0 Å². The van der Waals surface area contributed by atoms with Gasteiger partial charge in [-0.15, -0.1) is 0 Å². The zero-order valence-corrected chi connectivity index (χ0v) is 8.49. The maximum absolute atomic E-state index is 10.9. The maximum Gasteiger partial charge on any atom is 0.330 e. The van der Waals surface area contributed by atoms with Gasteiger partial charge in [0.1, 0.15) is 6.23 Å². The van der Waals surface area contributed by atoms with Gasteiger partial charge >= 0.3 is 5.97 Å². The minimum atomic E-state index is -0.289. The highest BCUT2D eigenvalue weighted by molar-refractivity contribution is 5.81. The van der Waals surface area contributed by atoms with Gasteiger partial charge in [0, 0.05) is 19.1 Å². The molecular formula is C10H17NO3. The summed E-state index contributed by atoms with van der Waals surface area (Å²) in [6.07, 6.45) is 4.88. The Hall–Kier alpha value is -0.870. The third-order valence-electron chi connectivity index (χ3n) is 1.94. The second-order valence-corrected chi connectivity index (χ2v) is 3.12. The first-order valence-electron chi connectivity index (χ1n) is 4.97. The Morgan fingerprint density at radius 2 is 2.57 bits per heavy atom. The van der Waals surface area contributed by atoms with E-state index in [9.17, 15) is 4.79 Å². The molecule has 1 heterocycles. The van der Waals surface area contributed by atoms with Crippen molar-refractivity contribution in [2.45, 2.75) is 26.0 Å². The molecule has 1 unspecified atom stereocenters. The molecule has 4 nitrogen and oxygen atoms in total. The number of esters is 1. The van der Waals surface area contributed by atoms with Gasteiger partial charge in [-0.1, -0.05) is 6.08 Å². The van der Waals surface area contributed by atoms with Crippen LogP contribution in [0.15, 0.2) is 12.2 Å². The molecule has 1 atom stereocenters. The van der Waals surface area contributed by atoms with E-state index in [1.807, 2.05) is 0 Å². The zero-order valence-electron chi connectivity index (χ0n) is 8.49. The van der Waals surface area contributed by atoms with Crippen molar-refractivity contribution < 1.29 is 14.3 Å². The molecule has 1 fully saturated rings. The zero-order chi connectivity index (χ0) is 10.2. The maximum atomic E-state index is 10.9. The van der Waals surface area contributed by atoms with Crippen LogP contribution in [0.4, 0.5) is 0 Å². The molecule has 1 N–H and O–H groups in total. The van der Waals surface area contributed by atoms with Crippen LogP contribution < -0.4 is 5.32 Å². The fourth-order valence-electron chi connectivity index (χ4n) is 1.26. The summed E-state index contributed by atoms with van der Waals surface area (Å²) in [6, 6.07) is 0. The first-order valence-corrected chi connectivity index (χ1v) is 4.97. The van der Waals surface area contributed by atoms with Crippen LogP contribution >= 0.6 is 0 Å². The van der Waals surface area contributed by atoms with Crippen molar-refractivity contribution in [3.8, 4) is 0 Å². The molecule has 0 radical (unpaired) electrons. The van der Waals surface area contributed by atoms with Gasteiger partial charge in [0.2, 0.25) is 0 Å². The van der Waals surface area contributed by atoms with E-state index in [0.717, 1.165) is 19.6 Å². The molecule has 4 heteroatoms. The lowest BCUT2D eigenvalue weighted by atomic mass is 10.3. The van der Waals surface area contributed by atoms with Gasteiger partial charge in [0.15, 0.2) is 0 Å². The minimum Gasteiger partial charge on any atom is -0.462 e. The number of carbonyl (C=O) groups is 1.